The average Bonchev–Trinajstić information content (AvgIpc) is 2.77. The van der Waals surface area contributed by atoms with Crippen LogP contribution in [-0.4, -0.2) is 22.1 Å². The van der Waals surface area contributed by atoms with Gasteiger partial charge in [0.25, 0.3) is 0 Å². The van der Waals surface area contributed by atoms with E-state index < -0.39 is 0 Å². The van der Waals surface area contributed by atoms with Gasteiger partial charge < -0.3 is 4.74 Å². The maximum atomic E-state index is 5.76. The Labute approximate surface area is 92.4 Å². The third kappa shape index (κ3) is 1.94. The van der Waals surface area contributed by atoms with E-state index in [-0.39, 0.29) is 0 Å². The Hall–Kier alpha value is -1.55. The van der Waals surface area contributed by atoms with E-state index in [4.69, 9.17) is 16.3 Å². The Kier molecular flexibility index (Phi) is 2.87. The van der Waals surface area contributed by atoms with E-state index in [0.29, 0.717) is 5.88 Å². The monoisotopic (exact) mass is 223 g/mol. The molecule has 0 atom stereocenters. The minimum Gasteiger partial charge on any atom is -0.497 e. The number of aromatic nitrogens is 3. The number of ether oxygens (including phenoxy) is 1. The van der Waals surface area contributed by atoms with Crippen LogP contribution in [0.5, 0.6) is 5.75 Å². The van der Waals surface area contributed by atoms with Gasteiger partial charge in [-0.2, -0.15) is 0 Å². The molecule has 1 aromatic carbocycles. The van der Waals surface area contributed by atoms with Crippen LogP contribution in [0.15, 0.2) is 30.5 Å². The summed E-state index contributed by atoms with van der Waals surface area (Å²) in [5, 5.41) is 7.76. The first-order valence-corrected chi connectivity index (χ1v) is 4.98. The SMILES string of the molecule is COc1ccc(-n2nncc2CCl)cc1. The third-order valence-electron chi connectivity index (χ3n) is 2.07. The van der Waals surface area contributed by atoms with Crippen LogP contribution >= 0.6 is 11.6 Å². The molecule has 5 heteroatoms. The summed E-state index contributed by atoms with van der Waals surface area (Å²) in [6, 6.07) is 7.55. The number of hydrogen-bond donors (Lipinski definition) is 0. The molecule has 0 aliphatic carbocycles. The second kappa shape index (κ2) is 4.31. The molecule has 0 aliphatic heterocycles. The van der Waals surface area contributed by atoms with Gasteiger partial charge in [0.2, 0.25) is 0 Å². The van der Waals surface area contributed by atoms with Crippen LogP contribution in [0.4, 0.5) is 0 Å². The fourth-order valence-corrected chi connectivity index (χ4v) is 1.47. The number of hydrogen-bond acceptors (Lipinski definition) is 3. The number of rotatable bonds is 3. The van der Waals surface area contributed by atoms with E-state index in [1.807, 2.05) is 24.3 Å². The predicted octanol–water partition coefficient (Wildman–Crippen LogP) is 2.01. The average molecular weight is 224 g/mol. The van der Waals surface area contributed by atoms with Crippen LogP contribution in [0.1, 0.15) is 5.69 Å². The first kappa shape index (κ1) is 9.98. The highest BCUT2D eigenvalue weighted by Crippen LogP contribution is 2.15. The maximum absolute atomic E-state index is 5.76. The molecular weight excluding hydrogens is 214 g/mol. The van der Waals surface area contributed by atoms with E-state index in [9.17, 15) is 0 Å². The Morgan fingerprint density at radius 2 is 2.07 bits per heavy atom. The molecule has 4 nitrogen and oxygen atoms in total. The highest BCUT2D eigenvalue weighted by Gasteiger charge is 2.04. The van der Waals surface area contributed by atoms with Crippen LogP contribution in [0, 0.1) is 0 Å². The summed E-state index contributed by atoms with van der Waals surface area (Å²) in [6.07, 6.45) is 1.65. The molecule has 0 saturated carbocycles. The summed E-state index contributed by atoms with van der Waals surface area (Å²) >= 11 is 5.76. The lowest BCUT2D eigenvalue weighted by Gasteiger charge is -2.04. The van der Waals surface area contributed by atoms with Crippen molar-refractivity contribution in [1.82, 2.24) is 15.0 Å². The second-order valence-electron chi connectivity index (χ2n) is 2.97. The van der Waals surface area contributed by atoms with Crippen molar-refractivity contribution in [2.45, 2.75) is 5.88 Å². The van der Waals surface area contributed by atoms with Gasteiger partial charge in [-0.15, -0.1) is 16.7 Å². The molecule has 0 aliphatic rings. The highest BCUT2D eigenvalue weighted by molar-refractivity contribution is 6.16. The summed E-state index contributed by atoms with van der Waals surface area (Å²) in [5.74, 6) is 1.20. The zero-order chi connectivity index (χ0) is 10.7. The fourth-order valence-electron chi connectivity index (χ4n) is 1.29. The van der Waals surface area contributed by atoms with Crippen molar-refractivity contribution in [3.8, 4) is 11.4 Å². The molecule has 1 heterocycles. The Balaban J connectivity index is 2.37. The van der Waals surface area contributed by atoms with Crippen LogP contribution in [0.3, 0.4) is 0 Å². The number of nitrogens with zero attached hydrogens (tertiary/aromatic N) is 3. The van der Waals surface area contributed by atoms with Gasteiger partial charge in [0, 0.05) is 0 Å². The Morgan fingerprint density at radius 1 is 1.33 bits per heavy atom. The van der Waals surface area contributed by atoms with Gasteiger partial charge in [-0.05, 0) is 24.3 Å². The summed E-state index contributed by atoms with van der Waals surface area (Å²) in [6.45, 7) is 0. The summed E-state index contributed by atoms with van der Waals surface area (Å²) < 4.78 is 6.77. The van der Waals surface area contributed by atoms with Gasteiger partial charge in [0.1, 0.15) is 5.75 Å². The largest absolute Gasteiger partial charge is 0.497 e. The highest BCUT2D eigenvalue weighted by atomic mass is 35.5. The molecule has 0 radical (unpaired) electrons. The lowest BCUT2D eigenvalue weighted by molar-refractivity contribution is 0.414. The summed E-state index contributed by atoms with van der Waals surface area (Å²) in [5.41, 5.74) is 1.78. The minimum atomic E-state index is 0.388. The maximum Gasteiger partial charge on any atom is 0.119 e. The molecule has 0 amide bonds. The predicted molar refractivity (Wildman–Crippen MR) is 57.5 cm³/mol. The number of alkyl halides is 1. The van der Waals surface area contributed by atoms with E-state index in [0.717, 1.165) is 17.1 Å². The van der Waals surface area contributed by atoms with Gasteiger partial charge in [-0.25, -0.2) is 4.68 Å². The molecule has 1 aromatic heterocycles. The third-order valence-corrected chi connectivity index (χ3v) is 2.35. The first-order valence-electron chi connectivity index (χ1n) is 4.45. The van der Waals surface area contributed by atoms with Crippen molar-refractivity contribution in [2.75, 3.05) is 7.11 Å². The molecule has 0 N–H and O–H groups in total. The van der Waals surface area contributed by atoms with Crippen LogP contribution in [0.25, 0.3) is 5.69 Å². The number of halogens is 1. The first-order chi connectivity index (χ1) is 7.35. The standard InChI is InChI=1S/C10H10ClN3O/c1-15-10-4-2-8(3-5-10)14-9(6-11)7-12-13-14/h2-5,7H,6H2,1H3. The molecule has 2 aromatic rings. The van der Waals surface area contributed by atoms with Gasteiger partial charge in [0.05, 0.1) is 30.6 Å². The van der Waals surface area contributed by atoms with E-state index in [1.54, 1.807) is 18.0 Å². The smallest absolute Gasteiger partial charge is 0.119 e. The molecule has 0 bridgehead atoms. The molecule has 2 rings (SSSR count). The molecule has 0 saturated heterocycles. The fraction of sp³-hybridized carbons (Fsp3) is 0.200. The van der Waals surface area contributed by atoms with Crippen LogP contribution in [0.2, 0.25) is 0 Å². The minimum absolute atomic E-state index is 0.388. The molecule has 78 valence electrons. The lowest BCUT2D eigenvalue weighted by Crippen LogP contribution is -2.00. The van der Waals surface area contributed by atoms with Gasteiger partial charge in [-0.3, -0.25) is 0 Å². The molecule has 0 spiro atoms. The van der Waals surface area contributed by atoms with Crippen molar-refractivity contribution in [1.29, 1.82) is 0 Å². The van der Waals surface area contributed by atoms with Crippen molar-refractivity contribution in [2.24, 2.45) is 0 Å². The molecule has 0 fully saturated rings. The van der Waals surface area contributed by atoms with E-state index >= 15 is 0 Å². The molecular formula is C10H10ClN3O. The lowest BCUT2D eigenvalue weighted by atomic mass is 10.3. The zero-order valence-corrected chi connectivity index (χ0v) is 8.98. The quantitative estimate of drug-likeness (QED) is 0.748. The van der Waals surface area contributed by atoms with Crippen LogP contribution < -0.4 is 4.74 Å². The molecule has 15 heavy (non-hydrogen) atoms. The normalized spacial score (nSPS) is 10.3. The number of benzene rings is 1. The van der Waals surface area contributed by atoms with Crippen molar-refractivity contribution in [3.05, 3.63) is 36.2 Å². The number of methoxy groups -OCH3 is 1. The second-order valence-corrected chi connectivity index (χ2v) is 3.24. The summed E-state index contributed by atoms with van der Waals surface area (Å²) in [7, 11) is 1.63. The van der Waals surface area contributed by atoms with Gasteiger partial charge >= 0.3 is 0 Å². The summed E-state index contributed by atoms with van der Waals surface area (Å²) in [4.78, 5) is 0. The Morgan fingerprint density at radius 3 is 2.67 bits per heavy atom. The topological polar surface area (TPSA) is 39.9 Å². The van der Waals surface area contributed by atoms with Gasteiger partial charge in [0.15, 0.2) is 0 Å². The van der Waals surface area contributed by atoms with Crippen molar-refractivity contribution < 1.29 is 4.74 Å². The molecule has 0 unspecified atom stereocenters. The zero-order valence-electron chi connectivity index (χ0n) is 8.22. The Bertz CT molecular complexity index is 438. The van der Waals surface area contributed by atoms with E-state index in [2.05, 4.69) is 10.3 Å². The van der Waals surface area contributed by atoms with Crippen molar-refractivity contribution >= 4 is 11.6 Å². The van der Waals surface area contributed by atoms with Crippen molar-refractivity contribution in [3.63, 3.8) is 0 Å². The van der Waals surface area contributed by atoms with E-state index in [1.165, 1.54) is 0 Å². The van der Waals surface area contributed by atoms with Crippen LogP contribution in [-0.2, 0) is 5.88 Å². The van der Waals surface area contributed by atoms with Gasteiger partial charge in [-0.1, -0.05) is 5.21 Å².